The van der Waals surface area contributed by atoms with Crippen LogP contribution in [0.2, 0.25) is 0 Å². The van der Waals surface area contributed by atoms with E-state index in [1.807, 2.05) is 27.7 Å². The smallest absolute Gasteiger partial charge is 0.253 e. The highest BCUT2D eigenvalue weighted by Crippen LogP contribution is 2.18. The first kappa shape index (κ1) is 29.5. The fourth-order valence-electron chi connectivity index (χ4n) is 3.79. The van der Waals surface area contributed by atoms with Crippen molar-refractivity contribution < 1.29 is 19.2 Å². The van der Waals surface area contributed by atoms with Crippen molar-refractivity contribution in [3.8, 4) is 0 Å². The number of carbonyl (C=O) groups excluding carboxylic acids is 4. The van der Waals surface area contributed by atoms with Crippen LogP contribution >= 0.6 is 0 Å². The molecule has 0 aliphatic heterocycles. The molecule has 0 fully saturated rings. The summed E-state index contributed by atoms with van der Waals surface area (Å²) in [6.45, 7) is 7.55. The van der Waals surface area contributed by atoms with E-state index in [-0.39, 0.29) is 35.7 Å². The van der Waals surface area contributed by atoms with Crippen LogP contribution in [-0.4, -0.2) is 35.7 Å². The summed E-state index contributed by atoms with van der Waals surface area (Å²) in [5.41, 5.74) is 1.93. The number of para-hydroxylation sites is 2. The predicted octanol–water partition coefficient (Wildman–Crippen LogP) is 5.27. The molecule has 4 amide bonds. The number of anilines is 2. The molecule has 0 aromatic heterocycles. The van der Waals surface area contributed by atoms with E-state index in [0.29, 0.717) is 35.3 Å². The summed E-state index contributed by atoms with van der Waals surface area (Å²) in [6.07, 6.45) is 4.88. The number of unbranched alkanes of at least 4 members (excludes halogenated alkanes) is 4. The number of nitrogens with one attached hydrogen (secondary N) is 4. The highest BCUT2D eigenvalue weighted by Gasteiger charge is 2.15. The fourth-order valence-corrected chi connectivity index (χ4v) is 3.79. The average Bonchev–Trinajstić information content (AvgIpc) is 2.83. The van der Waals surface area contributed by atoms with E-state index in [4.69, 9.17) is 0 Å². The van der Waals surface area contributed by atoms with Gasteiger partial charge in [0.1, 0.15) is 0 Å². The summed E-state index contributed by atoms with van der Waals surface area (Å²) in [5.74, 6) is -0.664. The lowest BCUT2D eigenvalue weighted by atomic mass is 10.1. The maximum atomic E-state index is 12.4. The standard InChI is InChI=1S/C29H40N4O4/c1-20(2)30-28(36)22-14-10-12-16-24(22)32-26(34)18-8-6-5-7-9-19-27(35)33-25-17-13-11-15-23(25)29(37)31-21(3)4/h10-17,20-21H,5-9,18-19H2,1-4H3,(H,30,36)(H,31,37)(H,32,34)(H,33,35). The molecule has 0 radical (unpaired) electrons. The van der Waals surface area contributed by atoms with Crippen LogP contribution in [-0.2, 0) is 9.59 Å². The number of rotatable bonds is 14. The van der Waals surface area contributed by atoms with Crippen molar-refractivity contribution in [1.82, 2.24) is 10.6 Å². The van der Waals surface area contributed by atoms with Crippen molar-refractivity contribution in [3.63, 3.8) is 0 Å². The first-order valence-electron chi connectivity index (χ1n) is 13.1. The molecule has 0 heterocycles. The molecule has 0 saturated heterocycles. The number of hydrogen-bond acceptors (Lipinski definition) is 4. The molecule has 0 unspecified atom stereocenters. The largest absolute Gasteiger partial charge is 0.350 e. The minimum absolute atomic E-state index is 0.00867. The molecule has 0 aliphatic carbocycles. The number of benzene rings is 2. The van der Waals surface area contributed by atoms with E-state index >= 15 is 0 Å². The summed E-state index contributed by atoms with van der Waals surface area (Å²) in [6, 6.07) is 14.0. The van der Waals surface area contributed by atoms with Gasteiger partial charge in [0.15, 0.2) is 0 Å². The van der Waals surface area contributed by atoms with E-state index in [9.17, 15) is 19.2 Å². The Morgan fingerprint density at radius 1 is 0.568 bits per heavy atom. The van der Waals surface area contributed by atoms with Gasteiger partial charge in [-0.3, -0.25) is 19.2 Å². The Morgan fingerprint density at radius 3 is 1.30 bits per heavy atom. The Hall–Kier alpha value is -3.68. The molecule has 4 N–H and O–H groups in total. The normalized spacial score (nSPS) is 10.8. The van der Waals surface area contributed by atoms with Gasteiger partial charge in [-0.1, -0.05) is 43.5 Å². The first-order chi connectivity index (χ1) is 17.7. The van der Waals surface area contributed by atoms with Gasteiger partial charge in [0, 0.05) is 24.9 Å². The van der Waals surface area contributed by atoms with Crippen LogP contribution in [0, 0.1) is 0 Å². The maximum Gasteiger partial charge on any atom is 0.253 e. The molecule has 0 saturated carbocycles. The highest BCUT2D eigenvalue weighted by atomic mass is 16.2. The van der Waals surface area contributed by atoms with Gasteiger partial charge in [-0.05, 0) is 64.8 Å². The van der Waals surface area contributed by atoms with Gasteiger partial charge in [0.05, 0.1) is 22.5 Å². The van der Waals surface area contributed by atoms with Crippen molar-refractivity contribution in [1.29, 1.82) is 0 Å². The molecule has 0 spiro atoms. The molecule has 37 heavy (non-hydrogen) atoms. The molecular weight excluding hydrogens is 468 g/mol. The number of hydrogen-bond donors (Lipinski definition) is 4. The molecule has 2 rings (SSSR count). The van der Waals surface area contributed by atoms with Crippen LogP contribution in [0.1, 0.15) is 93.4 Å². The summed E-state index contributed by atoms with van der Waals surface area (Å²) in [4.78, 5) is 49.4. The molecule has 2 aromatic rings. The van der Waals surface area contributed by atoms with Gasteiger partial charge in [-0.15, -0.1) is 0 Å². The first-order valence-corrected chi connectivity index (χ1v) is 13.1. The van der Waals surface area contributed by atoms with Crippen LogP contribution in [0.3, 0.4) is 0 Å². The molecular formula is C29H40N4O4. The molecule has 0 bridgehead atoms. The minimum atomic E-state index is -0.211. The second-order valence-electron chi connectivity index (χ2n) is 9.71. The van der Waals surface area contributed by atoms with Crippen LogP contribution in [0.5, 0.6) is 0 Å². The Balaban J connectivity index is 1.66. The monoisotopic (exact) mass is 508 g/mol. The zero-order chi connectivity index (χ0) is 27.2. The Bertz CT molecular complexity index is 982. The topological polar surface area (TPSA) is 116 Å². The van der Waals surface area contributed by atoms with E-state index in [1.54, 1.807) is 48.5 Å². The lowest BCUT2D eigenvalue weighted by molar-refractivity contribution is -0.117. The minimum Gasteiger partial charge on any atom is -0.350 e. The third-order valence-corrected chi connectivity index (χ3v) is 5.54. The maximum absolute atomic E-state index is 12.4. The van der Waals surface area contributed by atoms with Crippen molar-refractivity contribution >= 4 is 35.0 Å². The Labute approximate surface area is 220 Å². The lowest BCUT2D eigenvalue weighted by Gasteiger charge is -2.13. The third-order valence-electron chi connectivity index (χ3n) is 5.54. The summed E-state index contributed by atoms with van der Waals surface area (Å²) >= 11 is 0. The molecule has 8 nitrogen and oxygen atoms in total. The lowest BCUT2D eigenvalue weighted by Crippen LogP contribution is -2.31. The van der Waals surface area contributed by atoms with Gasteiger partial charge >= 0.3 is 0 Å². The van der Waals surface area contributed by atoms with Crippen molar-refractivity contribution in [2.75, 3.05) is 10.6 Å². The van der Waals surface area contributed by atoms with Crippen LogP contribution in [0.25, 0.3) is 0 Å². The zero-order valence-corrected chi connectivity index (χ0v) is 22.4. The van der Waals surface area contributed by atoms with E-state index in [1.165, 1.54) is 0 Å². The summed E-state index contributed by atoms with van der Waals surface area (Å²) in [7, 11) is 0. The van der Waals surface area contributed by atoms with Crippen molar-refractivity contribution in [2.45, 2.75) is 84.7 Å². The van der Waals surface area contributed by atoms with Gasteiger partial charge in [-0.25, -0.2) is 0 Å². The van der Waals surface area contributed by atoms with Gasteiger partial charge in [0.25, 0.3) is 11.8 Å². The Morgan fingerprint density at radius 2 is 0.919 bits per heavy atom. The van der Waals surface area contributed by atoms with Gasteiger partial charge in [-0.2, -0.15) is 0 Å². The van der Waals surface area contributed by atoms with Gasteiger partial charge in [0.2, 0.25) is 11.8 Å². The molecule has 8 heteroatoms. The van der Waals surface area contributed by atoms with Crippen molar-refractivity contribution in [2.24, 2.45) is 0 Å². The summed E-state index contributed by atoms with van der Waals surface area (Å²) < 4.78 is 0. The number of amides is 4. The van der Waals surface area contributed by atoms with Crippen molar-refractivity contribution in [3.05, 3.63) is 59.7 Å². The number of carbonyl (C=O) groups is 4. The SMILES string of the molecule is CC(C)NC(=O)c1ccccc1NC(=O)CCCCCCCC(=O)Nc1ccccc1C(=O)NC(C)C. The van der Waals surface area contributed by atoms with Crippen LogP contribution in [0.4, 0.5) is 11.4 Å². The van der Waals surface area contributed by atoms with E-state index in [2.05, 4.69) is 21.3 Å². The van der Waals surface area contributed by atoms with E-state index < -0.39 is 0 Å². The summed E-state index contributed by atoms with van der Waals surface area (Å²) in [5, 5.41) is 11.4. The van der Waals surface area contributed by atoms with Gasteiger partial charge < -0.3 is 21.3 Å². The van der Waals surface area contributed by atoms with E-state index in [0.717, 1.165) is 32.1 Å². The van der Waals surface area contributed by atoms with Crippen LogP contribution in [0.15, 0.2) is 48.5 Å². The Kier molecular flexibility index (Phi) is 12.3. The molecule has 2 aromatic carbocycles. The van der Waals surface area contributed by atoms with Crippen LogP contribution < -0.4 is 21.3 Å². The fraction of sp³-hybridized carbons (Fsp3) is 0.448. The quantitative estimate of drug-likeness (QED) is 0.260. The predicted molar refractivity (Wildman–Crippen MR) is 148 cm³/mol. The second-order valence-corrected chi connectivity index (χ2v) is 9.71. The molecule has 0 atom stereocenters. The average molecular weight is 509 g/mol. The highest BCUT2D eigenvalue weighted by molar-refractivity contribution is 6.04. The zero-order valence-electron chi connectivity index (χ0n) is 22.4. The molecule has 0 aliphatic rings. The molecule has 200 valence electrons. The third kappa shape index (κ3) is 10.9. The second kappa shape index (κ2) is 15.4.